The summed E-state index contributed by atoms with van der Waals surface area (Å²) in [5.74, 6) is 0.983. The van der Waals surface area contributed by atoms with Crippen molar-refractivity contribution < 1.29 is 4.74 Å². The van der Waals surface area contributed by atoms with E-state index in [2.05, 4.69) is 20.9 Å². The lowest BCUT2D eigenvalue weighted by atomic mass is 9.80. The van der Waals surface area contributed by atoms with Gasteiger partial charge in [-0.15, -0.1) is 0 Å². The van der Waals surface area contributed by atoms with E-state index < -0.39 is 0 Å². The van der Waals surface area contributed by atoms with E-state index in [0.29, 0.717) is 5.41 Å². The monoisotopic (exact) mass is 301 g/mol. The van der Waals surface area contributed by atoms with E-state index in [1.807, 2.05) is 18.5 Å². The number of ether oxygens (including phenoxy) is 1. The van der Waals surface area contributed by atoms with Crippen molar-refractivity contribution in [2.24, 2.45) is 11.3 Å². The van der Waals surface area contributed by atoms with Crippen molar-refractivity contribution in [1.82, 2.24) is 9.88 Å². The normalized spacial score (nSPS) is 30.5. The Morgan fingerprint density at radius 3 is 3.05 bits per heavy atom. The van der Waals surface area contributed by atoms with Crippen LogP contribution in [-0.4, -0.2) is 55.8 Å². The summed E-state index contributed by atoms with van der Waals surface area (Å²) in [6.45, 7) is 7.65. The lowest BCUT2D eigenvalue weighted by Gasteiger charge is -2.44. The minimum absolute atomic E-state index is 0.305. The van der Waals surface area contributed by atoms with E-state index in [1.165, 1.54) is 51.0 Å². The Bertz CT molecular complexity index is 490. The molecule has 2 aliphatic heterocycles. The Morgan fingerprint density at radius 1 is 1.27 bits per heavy atom. The first-order chi connectivity index (χ1) is 10.8. The molecule has 1 saturated carbocycles. The molecule has 3 heterocycles. The molecule has 3 fully saturated rings. The minimum atomic E-state index is 0.305. The van der Waals surface area contributed by atoms with Gasteiger partial charge in [0.25, 0.3) is 0 Å². The van der Waals surface area contributed by atoms with Gasteiger partial charge in [0.05, 0.1) is 25.1 Å². The lowest BCUT2D eigenvalue weighted by Crippen LogP contribution is -2.51. The molecule has 0 amide bonds. The highest BCUT2D eigenvalue weighted by atomic mass is 16.5. The quantitative estimate of drug-likeness (QED) is 0.857. The van der Waals surface area contributed by atoms with E-state index in [4.69, 9.17) is 4.74 Å². The molecule has 4 nitrogen and oxygen atoms in total. The zero-order valence-electron chi connectivity index (χ0n) is 13.4. The molecular formula is C18H27N3O. The highest BCUT2D eigenvalue weighted by Gasteiger charge is 2.40. The van der Waals surface area contributed by atoms with Crippen LogP contribution in [0.3, 0.4) is 0 Å². The van der Waals surface area contributed by atoms with Gasteiger partial charge in [-0.3, -0.25) is 4.98 Å². The average molecular weight is 301 g/mol. The molecule has 1 aliphatic carbocycles. The lowest BCUT2D eigenvalue weighted by molar-refractivity contribution is 0.0119. The fourth-order valence-corrected chi connectivity index (χ4v) is 4.13. The third-order valence-corrected chi connectivity index (χ3v) is 5.40. The maximum absolute atomic E-state index is 6.02. The molecule has 0 radical (unpaired) electrons. The first kappa shape index (κ1) is 14.5. The van der Waals surface area contributed by atoms with E-state index in [0.717, 1.165) is 32.2 Å². The molecule has 4 heteroatoms. The van der Waals surface area contributed by atoms with Crippen molar-refractivity contribution >= 4 is 5.69 Å². The second kappa shape index (κ2) is 6.17. The Hall–Kier alpha value is -1.13. The molecule has 4 rings (SSSR count). The highest BCUT2D eigenvalue weighted by Crippen LogP contribution is 2.37. The van der Waals surface area contributed by atoms with Gasteiger partial charge >= 0.3 is 0 Å². The molecule has 0 aromatic carbocycles. The van der Waals surface area contributed by atoms with E-state index >= 15 is 0 Å². The van der Waals surface area contributed by atoms with Crippen LogP contribution in [0.1, 0.15) is 25.7 Å². The molecule has 1 atom stereocenters. The van der Waals surface area contributed by atoms with Crippen molar-refractivity contribution in [2.75, 3.05) is 50.8 Å². The summed E-state index contributed by atoms with van der Waals surface area (Å²) in [6, 6.07) is 4.21. The standard InChI is InChI=1S/C18H27N3O/c1-3-17(11-19-7-1)21-9-10-22-15-18(14-21)6-2-8-20(13-18)12-16-4-5-16/h1,3,7,11,16H,2,4-6,8-10,12-15H2/t18-/m0/s1. The minimum Gasteiger partial charge on any atom is -0.379 e. The zero-order chi connectivity index (χ0) is 14.8. The second-order valence-electron chi connectivity index (χ2n) is 7.47. The summed E-state index contributed by atoms with van der Waals surface area (Å²) < 4.78 is 6.02. The first-order valence-corrected chi connectivity index (χ1v) is 8.78. The molecule has 22 heavy (non-hydrogen) atoms. The van der Waals surface area contributed by atoms with Gasteiger partial charge in [-0.2, -0.15) is 0 Å². The molecule has 1 spiro atoms. The predicted octanol–water partition coefficient (Wildman–Crippen LogP) is 2.41. The van der Waals surface area contributed by atoms with Gasteiger partial charge in [0, 0.05) is 37.8 Å². The van der Waals surface area contributed by atoms with Crippen molar-refractivity contribution in [3.63, 3.8) is 0 Å². The molecule has 2 saturated heterocycles. The smallest absolute Gasteiger partial charge is 0.0641 e. The number of hydrogen-bond acceptors (Lipinski definition) is 4. The average Bonchev–Trinajstić information content (AvgIpc) is 3.37. The summed E-state index contributed by atoms with van der Waals surface area (Å²) in [6.07, 6.45) is 9.35. The van der Waals surface area contributed by atoms with Gasteiger partial charge in [0.2, 0.25) is 0 Å². The van der Waals surface area contributed by atoms with E-state index in [-0.39, 0.29) is 0 Å². The van der Waals surface area contributed by atoms with Crippen molar-refractivity contribution in [3.05, 3.63) is 24.5 Å². The Balaban J connectivity index is 1.49. The SMILES string of the molecule is c1cncc(N2CCOC[C@]3(CCCN(CC4CC4)C3)C2)c1. The number of anilines is 1. The number of hydrogen-bond donors (Lipinski definition) is 0. The number of pyridine rings is 1. The Morgan fingerprint density at radius 2 is 2.23 bits per heavy atom. The van der Waals surface area contributed by atoms with Gasteiger partial charge in [0.1, 0.15) is 0 Å². The van der Waals surface area contributed by atoms with Crippen LogP contribution in [0, 0.1) is 11.3 Å². The third kappa shape index (κ3) is 3.28. The molecule has 0 unspecified atom stereocenters. The van der Waals surface area contributed by atoms with Crippen LogP contribution in [0.15, 0.2) is 24.5 Å². The van der Waals surface area contributed by atoms with Crippen LogP contribution in [0.25, 0.3) is 0 Å². The van der Waals surface area contributed by atoms with E-state index in [1.54, 1.807) is 0 Å². The number of aromatic nitrogens is 1. The van der Waals surface area contributed by atoms with E-state index in [9.17, 15) is 0 Å². The van der Waals surface area contributed by atoms with Crippen LogP contribution in [0.2, 0.25) is 0 Å². The van der Waals surface area contributed by atoms with Crippen molar-refractivity contribution in [2.45, 2.75) is 25.7 Å². The molecule has 120 valence electrons. The number of likely N-dealkylation sites (tertiary alicyclic amines) is 1. The van der Waals surface area contributed by atoms with Crippen LogP contribution in [0.4, 0.5) is 5.69 Å². The zero-order valence-corrected chi connectivity index (χ0v) is 13.4. The van der Waals surface area contributed by atoms with Crippen LogP contribution in [0.5, 0.6) is 0 Å². The van der Waals surface area contributed by atoms with Crippen LogP contribution >= 0.6 is 0 Å². The topological polar surface area (TPSA) is 28.6 Å². The van der Waals surface area contributed by atoms with Crippen molar-refractivity contribution in [1.29, 1.82) is 0 Å². The van der Waals surface area contributed by atoms with Gasteiger partial charge in [-0.1, -0.05) is 0 Å². The van der Waals surface area contributed by atoms with Crippen LogP contribution < -0.4 is 4.90 Å². The number of rotatable bonds is 3. The predicted molar refractivity (Wildman–Crippen MR) is 88.1 cm³/mol. The largest absolute Gasteiger partial charge is 0.379 e. The highest BCUT2D eigenvalue weighted by molar-refractivity contribution is 5.44. The summed E-state index contributed by atoms with van der Waals surface area (Å²) in [4.78, 5) is 9.49. The number of piperidine rings is 1. The van der Waals surface area contributed by atoms with Crippen molar-refractivity contribution in [3.8, 4) is 0 Å². The molecular weight excluding hydrogens is 274 g/mol. The molecule has 0 bridgehead atoms. The van der Waals surface area contributed by atoms with Gasteiger partial charge in [-0.25, -0.2) is 0 Å². The van der Waals surface area contributed by atoms with Crippen LogP contribution in [-0.2, 0) is 4.74 Å². The maximum atomic E-state index is 6.02. The Labute approximate surface area is 133 Å². The summed E-state index contributed by atoms with van der Waals surface area (Å²) in [5, 5.41) is 0. The number of nitrogens with zero attached hydrogens (tertiary/aromatic N) is 3. The third-order valence-electron chi connectivity index (χ3n) is 5.40. The summed E-state index contributed by atoms with van der Waals surface area (Å²) in [5.41, 5.74) is 1.55. The summed E-state index contributed by atoms with van der Waals surface area (Å²) >= 11 is 0. The van der Waals surface area contributed by atoms with Gasteiger partial charge in [-0.05, 0) is 50.3 Å². The fourth-order valence-electron chi connectivity index (χ4n) is 4.13. The van der Waals surface area contributed by atoms with Gasteiger partial charge < -0.3 is 14.5 Å². The Kier molecular flexibility index (Phi) is 4.05. The van der Waals surface area contributed by atoms with Gasteiger partial charge in [0.15, 0.2) is 0 Å². The molecule has 3 aliphatic rings. The summed E-state index contributed by atoms with van der Waals surface area (Å²) in [7, 11) is 0. The molecule has 0 N–H and O–H groups in total. The first-order valence-electron chi connectivity index (χ1n) is 8.78. The maximum Gasteiger partial charge on any atom is 0.0641 e. The molecule has 1 aromatic rings. The second-order valence-corrected chi connectivity index (χ2v) is 7.47. The fraction of sp³-hybridized carbons (Fsp3) is 0.722. The molecule has 1 aromatic heterocycles.